The number of H-pyrrole nitrogens is 1. The molecule has 0 bridgehead atoms. The van der Waals surface area contributed by atoms with Crippen LogP contribution in [0.4, 0.5) is 4.39 Å². The molecule has 142 valence electrons. The van der Waals surface area contributed by atoms with Crippen molar-refractivity contribution in [1.82, 2.24) is 20.5 Å². The van der Waals surface area contributed by atoms with Crippen molar-refractivity contribution in [3.05, 3.63) is 53.6 Å². The van der Waals surface area contributed by atoms with Gasteiger partial charge in [0.05, 0.1) is 18.2 Å². The molecule has 0 fully saturated rings. The summed E-state index contributed by atoms with van der Waals surface area (Å²) in [5.74, 6) is 1.30. The number of aromatic amines is 1. The molecule has 0 atom stereocenters. The van der Waals surface area contributed by atoms with E-state index in [0.717, 1.165) is 0 Å². The Labute approximate surface area is 159 Å². The highest BCUT2D eigenvalue weighted by Crippen LogP contribution is 2.39. The number of nitrogens with one attached hydrogen (secondary N) is 2. The number of ether oxygens (including phenoxy) is 1. The van der Waals surface area contributed by atoms with Gasteiger partial charge in [0.2, 0.25) is 0 Å². The number of fused-ring (bicyclic) bond motifs is 1. The van der Waals surface area contributed by atoms with Gasteiger partial charge in [-0.15, -0.1) is 0 Å². The topological polar surface area (TPSA) is 93.0 Å². The Bertz CT molecular complexity index is 1180. The first-order chi connectivity index (χ1) is 13.5. The minimum Gasteiger partial charge on any atom is -0.496 e. The zero-order valence-electron chi connectivity index (χ0n) is 15.5. The number of furan rings is 1. The number of nitrogens with zero attached hydrogens (tertiary/aromatic N) is 2. The summed E-state index contributed by atoms with van der Waals surface area (Å²) in [5, 5.41) is 10.1. The third-order valence-electron chi connectivity index (χ3n) is 4.42. The number of amides is 1. The second-order valence-corrected chi connectivity index (χ2v) is 6.17. The highest BCUT2D eigenvalue weighted by Gasteiger charge is 2.24. The van der Waals surface area contributed by atoms with E-state index in [4.69, 9.17) is 9.15 Å². The second kappa shape index (κ2) is 6.80. The number of hydrogen-bond acceptors (Lipinski definition) is 5. The maximum absolute atomic E-state index is 13.3. The minimum atomic E-state index is -0.369. The molecule has 4 rings (SSSR count). The summed E-state index contributed by atoms with van der Waals surface area (Å²) < 4.78 is 24.9. The molecule has 2 N–H and O–H groups in total. The van der Waals surface area contributed by atoms with Crippen LogP contribution in [0.3, 0.4) is 0 Å². The second-order valence-electron chi connectivity index (χ2n) is 6.17. The Kier molecular flexibility index (Phi) is 4.31. The number of hydrogen-bond donors (Lipinski definition) is 2. The van der Waals surface area contributed by atoms with E-state index in [2.05, 4.69) is 20.5 Å². The van der Waals surface area contributed by atoms with Crippen molar-refractivity contribution in [2.24, 2.45) is 0 Å². The van der Waals surface area contributed by atoms with Crippen LogP contribution in [-0.4, -0.2) is 35.2 Å². The van der Waals surface area contributed by atoms with E-state index in [1.165, 1.54) is 19.2 Å². The van der Waals surface area contributed by atoms with Gasteiger partial charge in [-0.1, -0.05) is 0 Å². The van der Waals surface area contributed by atoms with Crippen LogP contribution in [0.25, 0.3) is 33.7 Å². The highest BCUT2D eigenvalue weighted by atomic mass is 19.1. The SMILES string of the molecule is CNC(=O)c1c(-c2ccc(F)cc2)oc2cc(-c3nc(C)n[nH]3)c(OC)cc12. The Morgan fingerprint density at radius 1 is 1.25 bits per heavy atom. The van der Waals surface area contributed by atoms with Gasteiger partial charge in [-0.25, -0.2) is 9.37 Å². The normalized spacial score (nSPS) is 11.0. The number of carbonyl (C=O) groups is 1. The summed E-state index contributed by atoms with van der Waals surface area (Å²) in [5.41, 5.74) is 2.07. The molecule has 0 saturated carbocycles. The van der Waals surface area contributed by atoms with Crippen molar-refractivity contribution in [2.75, 3.05) is 14.2 Å². The van der Waals surface area contributed by atoms with Crippen LogP contribution in [0.2, 0.25) is 0 Å². The van der Waals surface area contributed by atoms with E-state index in [9.17, 15) is 9.18 Å². The van der Waals surface area contributed by atoms with E-state index in [1.54, 1.807) is 38.2 Å². The van der Waals surface area contributed by atoms with Gasteiger partial charge < -0.3 is 14.5 Å². The summed E-state index contributed by atoms with van der Waals surface area (Å²) in [6.07, 6.45) is 0. The molecule has 0 radical (unpaired) electrons. The molecule has 0 spiro atoms. The van der Waals surface area contributed by atoms with Gasteiger partial charge in [0.25, 0.3) is 5.91 Å². The van der Waals surface area contributed by atoms with E-state index in [-0.39, 0.29) is 11.7 Å². The number of carbonyl (C=O) groups excluding carboxylic acids is 1. The van der Waals surface area contributed by atoms with Crippen molar-refractivity contribution in [2.45, 2.75) is 6.92 Å². The smallest absolute Gasteiger partial charge is 0.255 e. The summed E-state index contributed by atoms with van der Waals surface area (Å²) in [6.45, 7) is 1.77. The van der Waals surface area contributed by atoms with Crippen LogP contribution in [0.1, 0.15) is 16.2 Å². The highest BCUT2D eigenvalue weighted by molar-refractivity contribution is 6.12. The number of rotatable bonds is 4. The van der Waals surface area contributed by atoms with Gasteiger partial charge in [0.1, 0.15) is 28.7 Å². The van der Waals surface area contributed by atoms with Gasteiger partial charge >= 0.3 is 0 Å². The van der Waals surface area contributed by atoms with Crippen LogP contribution in [0, 0.1) is 12.7 Å². The molecule has 1 amide bonds. The first-order valence-electron chi connectivity index (χ1n) is 8.53. The lowest BCUT2D eigenvalue weighted by molar-refractivity contribution is 0.0964. The summed E-state index contributed by atoms with van der Waals surface area (Å²) in [4.78, 5) is 16.9. The molecule has 0 unspecified atom stereocenters. The standard InChI is InChI=1S/C20H17FN4O3/c1-10-23-19(25-24-10)14-9-16-13(8-15(14)27-3)17(20(26)22-2)18(28-16)11-4-6-12(21)7-5-11/h4-9H,1-3H3,(H,22,26)(H,23,24,25). The molecule has 28 heavy (non-hydrogen) atoms. The molecule has 2 aromatic heterocycles. The van der Waals surface area contributed by atoms with Gasteiger partial charge in [0, 0.05) is 18.0 Å². The molecule has 0 saturated heterocycles. The summed E-state index contributed by atoms with van der Waals surface area (Å²) in [6, 6.07) is 9.24. The molecule has 4 aromatic rings. The van der Waals surface area contributed by atoms with Gasteiger partial charge in [-0.2, -0.15) is 5.10 Å². The van der Waals surface area contributed by atoms with E-state index in [1.807, 2.05) is 0 Å². The lowest BCUT2D eigenvalue weighted by Crippen LogP contribution is -2.18. The average molecular weight is 380 g/mol. The number of benzene rings is 2. The lowest BCUT2D eigenvalue weighted by atomic mass is 10.0. The Balaban J connectivity index is 2.00. The zero-order valence-corrected chi connectivity index (χ0v) is 15.5. The van der Waals surface area contributed by atoms with Crippen molar-refractivity contribution in [3.8, 4) is 28.5 Å². The fourth-order valence-corrected chi connectivity index (χ4v) is 3.10. The quantitative estimate of drug-likeness (QED) is 0.563. The first-order valence-corrected chi connectivity index (χ1v) is 8.53. The largest absolute Gasteiger partial charge is 0.496 e. The van der Waals surface area contributed by atoms with Crippen LogP contribution in [0.5, 0.6) is 5.75 Å². The van der Waals surface area contributed by atoms with Gasteiger partial charge in [-0.3, -0.25) is 9.89 Å². The molecule has 0 aliphatic heterocycles. The predicted octanol–water partition coefficient (Wildman–Crippen LogP) is 3.70. The van der Waals surface area contributed by atoms with Crippen LogP contribution in [-0.2, 0) is 0 Å². The fraction of sp³-hybridized carbons (Fsp3) is 0.150. The van der Waals surface area contributed by atoms with Crippen molar-refractivity contribution in [3.63, 3.8) is 0 Å². The molecule has 2 heterocycles. The first kappa shape index (κ1) is 17.7. The predicted molar refractivity (Wildman–Crippen MR) is 102 cm³/mol. The number of aryl methyl sites for hydroxylation is 1. The monoisotopic (exact) mass is 380 g/mol. The molecule has 0 aliphatic rings. The summed E-state index contributed by atoms with van der Waals surface area (Å²) in [7, 11) is 3.08. The molecule has 0 aliphatic carbocycles. The van der Waals surface area contributed by atoms with E-state index >= 15 is 0 Å². The molecule has 7 nitrogen and oxygen atoms in total. The Morgan fingerprint density at radius 3 is 2.61 bits per heavy atom. The molecule has 2 aromatic carbocycles. The number of halogens is 1. The molecular formula is C20H17FN4O3. The van der Waals surface area contributed by atoms with E-state index in [0.29, 0.717) is 50.8 Å². The van der Waals surface area contributed by atoms with Crippen molar-refractivity contribution in [1.29, 1.82) is 0 Å². The Morgan fingerprint density at radius 2 is 2.00 bits per heavy atom. The van der Waals surface area contributed by atoms with Crippen LogP contribution < -0.4 is 10.1 Å². The maximum Gasteiger partial charge on any atom is 0.255 e. The van der Waals surface area contributed by atoms with Gasteiger partial charge in [-0.05, 0) is 43.3 Å². The van der Waals surface area contributed by atoms with Crippen molar-refractivity contribution < 1.29 is 18.3 Å². The van der Waals surface area contributed by atoms with Crippen molar-refractivity contribution >= 4 is 16.9 Å². The van der Waals surface area contributed by atoms with E-state index < -0.39 is 0 Å². The molecular weight excluding hydrogens is 363 g/mol. The number of aromatic nitrogens is 3. The number of methoxy groups -OCH3 is 1. The van der Waals surface area contributed by atoms with Gasteiger partial charge in [0.15, 0.2) is 5.82 Å². The molecule has 8 heteroatoms. The fourth-order valence-electron chi connectivity index (χ4n) is 3.10. The van der Waals surface area contributed by atoms with Crippen LogP contribution in [0.15, 0.2) is 40.8 Å². The zero-order chi connectivity index (χ0) is 19.8. The third kappa shape index (κ3) is 2.88. The van der Waals surface area contributed by atoms with Crippen LogP contribution >= 0.6 is 0 Å². The third-order valence-corrected chi connectivity index (χ3v) is 4.42. The minimum absolute atomic E-state index is 0.316. The maximum atomic E-state index is 13.3. The summed E-state index contributed by atoms with van der Waals surface area (Å²) >= 11 is 0. The Hall–Kier alpha value is -3.68. The lowest BCUT2D eigenvalue weighted by Gasteiger charge is -2.06. The average Bonchev–Trinajstić information content (AvgIpc) is 3.30.